The molecule has 3 atom stereocenters. The van der Waals surface area contributed by atoms with Crippen LogP contribution in [0.25, 0.3) is 0 Å². The first kappa shape index (κ1) is 3.35. The van der Waals surface area contributed by atoms with Crippen molar-refractivity contribution in [2.75, 3.05) is 6.56 Å². The lowest BCUT2D eigenvalue weighted by atomic mass is 9.88. The Morgan fingerprint density at radius 1 is 1.77 bits per heavy atom. The van der Waals surface area contributed by atoms with Crippen LogP contribution in [0.4, 0.5) is 0 Å². The Hall–Kier alpha value is -1.40. The first-order chi connectivity index (χ1) is 21.4. The van der Waals surface area contributed by atoms with Crippen LogP contribution < -0.4 is 11.0 Å². The summed E-state index contributed by atoms with van der Waals surface area (Å²) in [7, 11) is 0. The second-order valence-corrected chi connectivity index (χ2v) is 3.24. The molecule has 1 rings (SSSR count). The maximum atomic E-state index is 13.3. The van der Waals surface area contributed by atoms with Crippen LogP contribution >= 0.6 is 0 Å². The van der Waals surface area contributed by atoms with E-state index >= 15 is 0 Å². The van der Waals surface area contributed by atoms with E-state index in [1.807, 2.05) is 0 Å². The molecule has 0 aromatic carbocycles. The molecule has 126 valence electrons. The summed E-state index contributed by atoms with van der Waals surface area (Å²) in [5, 5.41) is -1.44. The van der Waals surface area contributed by atoms with Gasteiger partial charge in [-0.15, -0.1) is 0 Å². The summed E-state index contributed by atoms with van der Waals surface area (Å²) in [4.78, 5) is 26.2. The molecule has 0 bridgehead atoms. The lowest BCUT2D eigenvalue weighted by molar-refractivity contribution is -0.139. The fourth-order valence-electron chi connectivity index (χ4n) is 1.15. The molecule has 0 aromatic rings. The van der Waals surface area contributed by atoms with Crippen LogP contribution in [-0.4, -0.2) is 42.6 Å². The Balaban J connectivity index is 4.87. The van der Waals surface area contributed by atoms with Gasteiger partial charge in [0.2, 0.25) is 5.91 Å². The largest absolute Gasteiger partial charge is 0.463 e. The zero-order valence-electron chi connectivity index (χ0n) is 38.5. The monoisotopic (exact) mass is 340 g/mol. The number of nitrogens with one attached hydrogen (secondary N) is 1. The van der Waals surface area contributed by atoms with Crippen molar-refractivity contribution < 1.29 is 57.6 Å². The molecule has 0 unspecified atom stereocenters. The van der Waals surface area contributed by atoms with Gasteiger partial charge in [0.15, 0.2) is 1.41 Å². The summed E-state index contributed by atoms with van der Waals surface area (Å²) < 4.78 is 230. The van der Waals surface area contributed by atoms with Gasteiger partial charge >= 0.3 is 5.97 Å². The molecule has 0 heterocycles. The highest BCUT2D eigenvalue weighted by Gasteiger charge is 2.35. The summed E-state index contributed by atoms with van der Waals surface area (Å²) >= 11 is 0. The van der Waals surface area contributed by atoms with Crippen molar-refractivity contribution in [2.24, 2.45) is 5.72 Å². The maximum Gasteiger partial charge on any atom is 0.333 e. The first-order valence-corrected chi connectivity index (χ1v) is 5.15. The van der Waals surface area contributed by atoms with E-state index in [1.165, 1.54) is 0 Å². The van der Waals surface area contributed by atoms with Gasteiger partial charge in [0.1, 0.15) is 2.82 Å². The smallest absolute Gasteiger partial charge is 0.333 e. The predicted molar refractivity (Wildman–Crippen MR) is 84.2 cm³/mol. The molecular formula is C16H28N2O4. The van der Waals surface area contributed by atoms with Gasteiger partial charge in [-0.3, -0.25) is 4.79 Å². The Morgan fingerprint density at radius 3 is 3.23 bits per heavy atom. The van der Waals surface area contributed by atoms with Crippen LogP contribution in [0.5, 0.6) is 0 Å². The number of carbonyl (C=O) groups excluding carboxylic acids is 2. The van der Waals surface area contributed by atoms with Crippen molar-refractivity contribution in [3.63, 3.8) is 0 Å². The number of esters is 1. The molecule has 6 nitrogen and oxygen atoms in total. The van der Waals surface area contributed by atoms with E-state index in [1.54, 1.807) is 0 Å². The minimum absolute atomic E-state index is 1.37. The van der Waals surface area contributed by atoms with Gasteiger partial charge in [0.25, 0.3) is 0 Å². The predicted octanol–water partition coefficient (Wildman–Crippen LogP) is 1.29. The Kier molecular flexibility index (Phi) is 1.36. The first-order valence-electron chi connectivity index (χ1n) is 19.0. The third-order valence-electron chi connectivity index (χ3n) is 1.91. The number of rotatable bonds is 8. The molecule has 1 aliphatic rings. The SMILES string of the molecule is [2H]C1=C(C(=O)OC([2H])([2H])C([2H])([2H])[2H])C([2H])([2H])[C@]([2H])(N([2H])[2H])[C@@]([2H])(N([2H])C(=O)C([2H])([2H])[2H])[C@]1([2H])OC([2H])(C([2H])([2H])C([2H])([2H])[2H])C([2H])([2H])C([2H])([2H])[2H]. The zero-order chi connectivity index (χ0) is 40.9. The Morgan fingerprint density at radius 2 is 2.59 bits per heavy atom. The highest BCUT2D eigenvalue weighted by atomic mass is 16.5. The normalized spacial score (nSPS) is 61.1. The average molecular weight is 341 g/mol. The quantitative estimate of drug-likeness (QED) is 0.650. The van der Waals surface area contributed by atoms with E-state index in [4.69, 9.17) is 43.2 Å². The summed E-state index contributed by atoms with van der Waals surface area (Å²) in [6.45, 7) is -21.2. The van der Waals surface area contributed by atoms with Crippen molar-refractivity contribution in [3.05, 3.63) is 11.6 Å². The molecule has 0 radical (unpaired) electrons. The van der Waals surface area contributed by atoms with Gasteiger partial charge < -0.3 is 20.5 Å². The number of nitrogens with two attached hydrogens (primary N) is 1. The third kappa shape index (κ3) is 5.10. The van der Waals surface area contributed by atoms with E-state index in [0.717, 1.165) is 0 Å². The minimum Gasteiger partial charge on any atom is -0.463 e. The minimum atomic E-state index is -5.15. The number of hydrogen-bond acceptors (Lipinski definition) is 5. The third-order valence-corrected chi connectivity index (χ3v) is 1.91. The van der Waals surface area contributed by atoms with Gasteiger partial charge in [-0.25, -0.2) is 4.79 Å². The number of amides is 1. The molecule has 0 aliphatic heterocycles. The Labute approximate surface area is 171 Å². The lowest BCUT2D eigenvalue weighted by Gasteiger charge is -2.36. The van der Waals surface area contributed by atoms with E-state index in [-0.39, 0.29) is 0 Å². The summed E-state index contributed by atoms with van der Waals surface area (Å²) in [6.07, 6.45) is -24.5. The van der Waals surface area contributed by atoms with Crippen molar-refractivity contribution in [1.29, 1.82) is 0 Å². The molecule has 0 fully saturated rings. The van der Waals surface area contributed by atoms with E-state index < -0.39 is 112 Å². The summed E-state index contributed by atoms with van der Waals surface area (Å²) in [5.41, 5.74) is -3.83. The van der Waals surface area contributed by atoms with Crippen molar-refractivity contribution in [1.82, 2.24) is 5.31 Å². The summed E-state index contributed by atoms with van der Waals surface area (Å²) in [5.74, 6) is -5.54. The second-order valence-electron chi connectivity index (χ2n) is 3.24. The van der Waals surface area contributed by atoms with Gasteiger partial charge in [0, 0.05) is 44.5 Å². The number of carbonyl (C=O) groups is 2. The van der Waals surface area contributed by atoms with Crippen molar-refractivity contribution in [2.45, 2.75) is 70.7 Å². The van der Waals surface area contributed by atoms with Gasteiger partial charge in [0.05, 0.1) is 33.0 Å². The van der Waals surface area contributed by atoms with Crippen molar-refractivity contribution in [3.8, 4) is 0 Å². The van der Waals surface area contributed by atoms with Crippen LogP contribution in [-0.2, 0) is 19.1 Å². The van der Waals surface area contributed by atoms with Crippen molar-refractivity contribution >= 4 is 11.9 Å². The van der Waals surface area contributed by atoms with Gasteiger partial charge in [-0.1, -0.05) is 13.7 Å². The highest BCUT2D eigenvalue weighted by molar-refractivity contribution is 5.89. The van der Waals surface area contributed by atoms with Gasteiger partial charge in [-0.05, 0) is 32.0 Å². The maximum absolute atomic E-state index is 13.3. The van der Waals surface area contributed by atoms with Crippen LogP contribution in [0.3, 0.4) is 0 Å². The topological polar surface area (TPSA) is 90.6 Å². The lowest BCUT2D eigenvalue weighted by Crippen LogP contribution is -2.57. The van der Waals surface area contributed by atoms with Crippen LogP contribution in [0.1, 0.15) is 80.8 Å². The standard InChI is InChI=1S/C16H28N2O4/c1-5-12(6-2)22-14-9-11(16(20)21-7-3)8-13(17)15(14)18-10(4)19/h9,12-15H,5-8,17H2,1-4H3,(H,18,19)/t13-,14+,15+/m0/s1/i1D3,2D3,3D3,4D3,5D2,6D2,7D2,8D2,9D,12D,13D,14D,15D/hD3. The Bertz CT molecular complexity index is 1350. The molecule has 0 saturated carbocycles. The van der Waals surface area contributed by atoms with E-state index in [0.29, 0.717) is 0 Å². The number of ether oxygens (including phenoxy) is 2. The van der Waals surface area contributed by atoms with Crippen LogP contribution in [0.2, 0.25) is 4.24 Å². The molecule has 0 saturated heterocycles. The van der Waals surface area contributed by atoms with Crippen LogP contribution in [0.15, 0.2) is 11.6 Å². The molecule has 0 spiro atoms. The highest BCUT2D eigenvalue weighted by Crippen LogP contribution is 2.24. The molecular weight excluding hydrogens is 284 g/mol. The molecule has 0 aromatic heterocycles. The number of hydrogen-bond donors (Lipinski definition) is 2. The van der Waals surface area contributed by atoms with E-state index in [9.17, 15) is 9.59 Å². The second kappa shape index (κ2) is 8.90. The molecule has 6 heteroatoms. The van der Waals surface area contributed by atoms with Gasteiger partial charge in [-0.2, -0.15) is 0 Å². The molecule has 3 N–H and O–H groups in total. The van der Waals surface area contributed by atoms with Crippen LogP contribution in [0, 0.1) is 0 Å². The summed E-state index contributed by atoms with van der Waals surface area (Å²) in [6, 6.07) is -12.6. The fourth-order valence-corrected chi connectivity index (χ4v) is 1.15. The average Bonchev–Trinajstić information content (AvgIpc) is 2.86. The molecule has 1 aliphatic carbocycles. The molecule has 22 heavy (non-hydrogen) atoms. The molecule has 1 amide bonds. The fraction of sp³-hybridized carbons (Fsp3) is 0.750. The zero-order valence-corrected chi connectivity index (χ0v) is 10.5. The van der Waals surface area contributed by atoms with E-state index in [2.05, 4.69) is 4.74 Å².